The molecule has 2 heterocycles. The van der Waals surface area contributed by atoms with E-state index in [0.717, 1.165) is 64.3 Å². The number of anilines is 1. The predicted molar refractivity (Wildman–Crippen MR) is 111 cm³/mol. The number of carbonyl (C=O) groups is 1. The van der Waals surface area contributed by atoms with Gasteiger partial charge >= 0.3 is 0 Å². The summed E-state index contributed by atoms with van der Waals surface area (Å²) in [7, 11) is 0. The molecular weight excluding hydrogens is 350 g/mol. The van der Waals surface area contributed by atoms with Crippen LogP contribution in [0.15, 0.2) is 54.6 Å². The summed E-state index contributed by atoms with van der Waals surface area (Å²) in [5.41, 5.74) is 2.20. The number of likely N-dealkylation sites (tertiary alicyclic amines) is 1. The molecule has 2 aliphatic rings. The van der Waals surface area contributed by atoms with Crippen molar-refractivity contribution in [2.45, 2.75) is 19.4 Å². The van der Waals surface area contributed by atoms with Gasteiger partial charge in [0.25, 0.3) is 0 Å². The van der Waals surface area contributed by atoms with Gasteiger partial charge in [-0.1, -0.05) is 42.5 Å². The highest BCUT2D eigenvalue weighted by Crippen LogP contribution is 2.28. The van der Waals surface area contributed by atoms with Crippen molar-refractivity contribution in [1.29, 1.82) is 0 Å². The fraction of sp³-hybridized carbons (Fsp3) is 0.435. The molecule has 5 heteroatoms. The summed E-state index contributed by atoms with van der Waals surface area (Å²) in [6.45, 7) is 5.97. The zero-order chi connectivity index (χ0) is 19.3. The van der Waals surface area contributed by atoms with Gasteiger partial charge in [-0.05, 0) is 43.6 Å². The van der Waals surface area contributed by atoms with Gasteiger partial charge in [0.15, 0.2) is 0 Å². The van der Waals surface area contributed by atoms with E-state index >= 15 is 0 Å². The standard InChI is InChI=1S/C23H29N3O2/c27-22-9-5-4-8-21(22)25-14-16-26(17-15-25)23(28)20-10-12-24(13-11-20)18-19-6-2-1-3-7-19/h1-9,20,27H,10-18H2. The van der Waals surface area contributed by atoms with E-state index in [1.807, 2.05) is 29.2 Å². The van der Waals surface area contributed by atoms with Crippen LogP contribution in [0.4, 0.5) is 5.69 Å². The molecule has 2 aliphatic heterocycles. The van der Waals surface area contributed by atoms with E-state index < -0.39 is 0 Å². The number of phenolic OH excluding ortho intramolecular Hbond substituents is 1. The summed E-state index contributed by atoms with van der Waals surface area (Å²) in [5.74, 6) is 0.785. The van der Waals surface area contributed by atoms with Gasteiger partial charge in [0.1, 0.15) is 5.75 Å². The van der Waals surface area contributed by atoms with E-state index in [2.05, 4.69) is 34.1 Å². The molecule has 4 rings (SSSR count). The monoisotopic (exact) mass is 379 g/mol. The lowest BCUT2D eigenvalue weighted by Gasteiger charge is -2.39. The Labute approximate surface area is 167 Å². The fourth-order valence-corrected chi connectivity index (χ4v) is 4.34. The highest BCUT2D eigenvalue weighted by molar-refractivity contribution is 5.79. The van der Waals surface area contributed by atoms with Gasteiger partial charge in [-0.3, -0.25) is 9.69 Å². The Hall–Kier alpha value is -2.53. The predicted octanol–water partition coefficient (Wildman–Crippen LogP) is 2.95. The Morgan fingerprint density at radius 3 is 2.18 bits per heavy atom. The maximum Gasteiger partial charge on any atom is 0.225 e. The number of piperidine rings is 1. The van der Waals surface area contributed by atoms with Crippen LogP contribution in [0.5, 0.6) is 5.75 Å². The van der Waals surface area contributed by atoms with Crippen molar-refractivity contribution in [1.82, 2.24) is 9.80 Å². The maximum absolute atomic E-state index is 13.0. The van der Waals surface area contributed by atoms with Crippen LogP contribution in [0.3, 0.4) is 0 Å². The molecule has 0 bridgehead atoms. The Morgan fingerprint density at radius 1 is 0.857 bits per heavy atom. The molecule has 28 heavy (non-hydrogen) atoms. The molecule has 2 saturated heterocycles. The second-order valence-electron chi connectivity index (χ2n) is 7.84. The van der Waals surface area contributed by atoms with Gasteiger partial charge in [-0.25, -0.2) is 0 Å². The summed E-state index contributed by atoms with van der Waals surface area (Å²) in [6, 6.07) is 18.0. The molecule has 2 aromatic rings. The lowest BCUT2D eigenvalue weighted by molar-refractivity contribution is -0.137. The second kappa shape index (κ2) is 8.65. The van der Waals surface area contributed by atoms with E-state index in [9.17, 15) is 9.90 Å². The molecule has 0 saturated carbocycles. The molecule has 0 aliphatic carbocycles. The SMILES string of the molecule is O=C(C1CCN(Cc2ccccc2)CC1)N1CCN(c2ccccc2O)CC1. The number of piperazine rings is 1. The fourth-order valence-electron chi connectivity index (χ4n) is 4.34. The van der Waals surface area contributed by atoms with Crippen LogP contribution in [0.2, 0.25) is 0 Å². The molecule has 2 aromatic carbocycles. The van der Waals surface area contributed by atoms with Crippen LogP contribution in [-0.4, -0.2) is 60.1 Å². The van der Waals surface area contributed by atoms with Crippen LogP contribution < -0.4 is 4.90 Å². The van der Waals surface area contributed by atoms with Crippen molar-refractivity contribution in [3.8, 4) is 5.75 Å². The average molecular weight is 380 g/mol. The maximum atomic E-state index is 13.0. The minimum Gasteiger partial charge on any atom is -0.506 e. The van der Waals surface area contributed by atoms with Crippen molar-refractivity contribution < 1.29 is 9.90 Å². The third-order valence-electron chi connectivity index (χ3n) is 6.00. The first-order chi connectivity index (χ1) is 13.7. The molecule has 0 atom stereocenters. The zero-order valence-electron chi connectivity index (χ0n) is 16.3. The van der Waals surface area contributed by atoms with Crippen molar-refractivity contribution in [2.75, 3.05) is 44.2 Å². The lowest BCUT2D eigenvalue weighted by atomic mass is 9.94. The third kappa shape index (κ3) is 4.30. The largest absolute Gasteiger partial charge is 0.506 e. The number of phenols is 1. The Balaban J connectivity index is 1.25. The molecule has 0 unspecified atom stereocenters. The number of amides is 1. The van der Waals surface area contributed by atoms with Crippen molar-refractivity contribution >= 4 is 11.6 Å². The van der Waals surface area contributed by atoms with E-state index in [0.29, 0.717) is 11.7 Å². The number of aromatic hydroxyl groups is 1. The van der Waals surface area contributed by atoms with Crippen molar-refractivity contribution in [3.63, 3.8) is 0 Å². The summed E-state index contributed by atoms with van der Waals surface area (Å²) in [5, 5.41) is 10.0. The van der Waals surface area contributed by atoms with Crippen LogP contribution in [-0.2, 0) is 11.3 Å². The van der Waals surface area contributed by atoms with E-state index in [1.165, 1.54) is 5.56 Å². The molecule has 0 radical (unpaired) electrons. The zero-order valence-corrected chi connectivity index (χ0v) is 16.3. The number of nitrogens with zero attached hydrogens (tertiary/aromatic N) is 3. The van der Waals surface area contributed by atoms with Crippen LogP contribution >= 0.6 is 0 Å². The van der Waals surface area contributed by atoms with Crippen LogP contribution in [0.1, 0.15) is 18.4 Å². The molecule has 5 nitrogen and oxygen atoms in total. The minimum atomic E-state index is 0.156. The molecule has 2 fully saturated rings. The summed E-state index contributed by atoms with van der Waals surface area (Å²) in [4.78, 5) is 19.6. The van der Waals surface area contributed by atoms with Gasteiger partial charge in [-0.15, -0.1) is 0 Å². The number of para-hydroxylation sites is 2. The average Bonchev–Trinajstić information content (AvgIpc) is 2.75. The van der Waals surface area contributed by atoms with E-state index in [4.69, 9.17) is 0 Å². The Bertz CT molecular complexity index is 779. The number of benzene rings is 2. The first kappa shape index (κ1) is 18.8. The van der Waals surface area contributed by atoms with Gasteiger partial charge in [0, 0.05) is 38.6 Å². The lowest BCUT2D eigenvalue weighted by Crippen LogP contribution is -2.51. The molecule has 1 N–H and O–H groups in total. The number of hydrogen-bond donors (Lipinski definition) is 1. The first-order valence-electron chi connectivity index (χ1n) is 10.3. The highest BCUT2D eigenvalue weighted by Gasteiger charge is 2.30. The molecular formula is C23H29N3O2. The number of carbonyl (C=O) groups excluding carboxylic acids is 1. The smallest absolute Gasteiger partial charge is 0.225 e. The summed E-state index contributed by atoms with van der Waals surface area (Å²) >= 11 is 0. The van der Waals surface area contributed by atoms with Gasteiger partial charge < -0.3 is 14.9 Å². The van der Waals surface area contributed by atoms with Gasteiger partial charge in [0.05, 0.1) is 5.69 Å². The van der Waals surface area contributed by atoms with Crippen LogP contribution in [0.25, 0.3) is 0 Å². The second-order valence-corrected chi connectivity index (χ2v) is 7.84. The van der Waals surface area contributed by atoms with Crippen LogP contribution in [0, 0.1) is 5.92 Å². The van der Waals surface area contributed by atoms with E-state index in [1.54, 1.807) is 6.07 Å². The number of rotatable bonds is 4. The topological polar surface area (TPSA) is 47.0 Å². The molecule has 0 spiro atoms. The van der Waals surface area contributed by atoms with E-state index in [-0.39, 0.29) is 5.92 Å². The van der Waals surface area contributed by atoms with Gasteiger partial charge in [-0.2, -0.15) is 0 Å². The highest BCUT2D eigenvalue weighted by atomic mass is 16.3. The molecule has 0 aromatic heterocycles. The van der Waals surface area contributed by atoms with Gasteiger partial charge in [0.2, 0.25) is 5.91 Å². The van der Waals surface area contributed by atoms with Crippen molar-refractivity contribution in [3.05, 3.63) is 60.2 Å². The Kier molecular flexibility index (Phi) is 5.81. The van der Waals surface area contributed by atoms with Crippen molar-refractivity contribution in [2.24, 2.45) is 5.92 Å². The molecule has 1 amide bonds. The summed E-state index contributed by atoms with van der Waals surface area (Å²) in [6.07, 6.45) is 1.90. The number of hydrogen-bond acceptors (Lipinski definition) is 4. The molecule has 148 valence electrons. The summed E-state index contributed by atoms with van der Waals surface area (Å²) < 4.78 is 0. The first-order valence-corrected chi connectivity index (χ1v) is 10.3. The minimum absolute atomic E-state index is 0.156. The quantitative estimate of drug-likeness (QED) is 0.887. The third-order valence-corrected chi connectivity index (χ3v) is 6.00. The normalized spacial score (nSPS) is 19.0. The Morgan fingerprint density at radius 2 is 1.50 bits per heavy atom.